The largest absolute Gasteiger partial charge is 0.467 e. The Hall–Kier alpha value is -2.94. The van der Waals surface area contributed by atoms with E-state index in [-0.39, 0.29) is 24.7 Å². The number of pyridine rings is 1. The van der Waals surface area contributed by atoms with E-state index in [0.717, 1.165) is 34.3 Å². The fraction of sp³-hybridized carbons (Fsp3) is 0.400. The summed E-state index contributed by atoms with van der Waals surface area (Å²) in [6.07, 6.45) is 3.79. The molecule has 0 spiro atoms. The lowest BCUT2D eigenvalue weighted by Gasteiger charge is -2.34. The Balaban J connectivity index is 1.24. The lowest BCUT2D eigenvalue weighted by molar-refractivity contribution is -0.136. The first-order valence-corrected chi connectivity index (χ1v) is 10.4. The summed E-state index contributed by atoms with van der Waals surface area (Å²) in [5, 5.41) is 0.945. The zero-order valence-electron chi connectivity index (χ0n) is 16.3. The van der Waals surface area contributed by atoms with Gasteiger partial charge in [0.2, 0.25) is 11.8 Å². The Labute approximate surface area is 172 Å². The van der Waals surface area contributed by atoms with Crippen LogP contribution in [0.5, 0.6) is 0 Å². The number of carbonyl (C=O) groups excluding carboxylic acids is 2. The highest BCUT2D eigenvalue weighted by molar-refractivity contribution is 7.21. The molecule has 1 aliphatic rings. The molecule has 9 heteroatoms. The molecule has 1 aliphatic heterocycles. The molecule has 1 saturated heterocycles. The molecule has 1 fully saturated rings. The van der Waals surface area contributed by atoms with E-state index < -0.39 is 0 Å². The highest BCUT2D eigenvalue weighted by atomic mass is 32.1. The predicted molar refractivity (Wildman–Crippen MR) is 111 cm³/mol. The Morgan fingerprint density at radius 1 is 1.17 bits per heavy atom. The first-order valence-electron chi connectivity index (χ1n) is 9.61. The average molecular weight is 414 g/mol. The normalized spacial score (nSPS) is 14.4. The van der Waals surface area contributed by atoms with Gasteiger partial charge in [-0.3, -0.25) is 9.59 Å². The van der Waals surface area contributed by atoms with Gasteiger partial charge < -0.3 is 19.1 Å². The summed E-state index contributed by atoms with van der Waals surface area (Å²) in [4.78, 5) is 40.3. The second kappa shape index (κ2) is 8.60. The van der Waals surface area contributed by atoms with Crippen molar-refractivity contribution >= 4 is 38.6 Å². The third-order valence-electron chi connectivity index (χ3n) is 5.01. The molecule has 0 saturated carbocycles. The molecule has 0 bridgehead atoms. The molecule has 3 aromatic heterocycles. The lowest BCUT2D eigenvalue weighted by atomic mass is 10.2. The second-order valence-corrected chi connectivity index (χ2v) is 7.98. The molecule has 0 aromatic carbocycles. The highest BCUT2D eigenvalue weighted by Crippen LogP contribution is 2.27. The molecule has 0 N–H and O–H groups in total. The van der Waals surface area contributed by atoms with Gasteiger partial charge in [0.25, 0.3) is 0 Å². The smallest absolute Gasteiger partial charge is 0.223 e. The summed E-state index contributed by atoms with van der Waals surface area (Å²) in [6, 6.07) is 7.47. The molecule has 4 heterocycles. The van der Waals surface area contributed by atoms with Crippen LogP contribution in [0, 0.1) is 0 Å². The van der Waals surface area contributed by atoms with Crippen LogP contribution >= 0.6 is 11.3 Å². The zero-order chi connectivity index (χ0) is 20.2. The van der Waals surface area contributed by atoms with E-state index in [0.29, 0.717) is 19.6 Å². The minimum Gasteiger partial charge on any atom is -0.467 e. The Morgan fingerprint density at radius 3 is 2.72 bits per heavy atom. The van der Waals surface area contributed by atoms with Gasteiger partial charge in [-0.25, -0.2) is 9.97 Å². The maximum absolute atomic E-state index is 12.5. The van der Waals surface area contributed by atoms with E-state index in [1.165, 1.54) is 0 Å². The number of hydrogen-bond acceptors (Lipinski definition) is 7. The fourth-order valence-corrected chi connectivity index (χ4v) is 4.29. The molecular formula is C20H23N5O3S. The standard InChI is InChI=1S/C20H23N5O3S/c1-23(14-15-4-3-13-28-15)17(26)6-7-18(27)24-9-11-25(12-10-24)20-22-16-5-2-8-21-19(16)29-20/h2-5,8,13H,6-7,9-12,14H2,1H3. The van der Waals surface area contributed by atoms with Gasteiger partial charge in [-0.05, 0) is 24.3 Å². The SMILES string of the molecule is CN(Cc1ccco1)C(=O)CCC(=O)N1CCN(c2nc3cccnc3s2)CC1. The molecule has 3 aromatic rings. The number of anilines is 1. The average Bonchev–Trinajstić information content (AvgIpc) is 3.41. The third-order valence-corrected chi connectivity index (χ3v) is 6.05. The highest BCUT2D eigenvalue weighted by Gasteiger charge is 2.24. The van der Waals surface area contributed by atoms with Gasteiger partial charge in [0.1, 0.15) is 16.1 Å². The summed E-state index contributed by atoms with van der Waals surface area (Å²) in [6.45, 7) is 3.16. The van der Waals surface area contributed by atoms with Gasteiger partial charge in [0.15, 0.2) is 5.13 Å². The van der Waals surface area contributed by atoms with Gasteiger partial charge in [-0.1, -0.05) is 11.3 Å². The summed E-state index contributed by atoms with van der Waals surface area (Å²) >= 11 is 1.57. The second-order valence-electron chi connectivity index (χ2n) is 7.02. The van der Waals surface area contributed by atoms with Crippen LogP contribution in [0.3, 0.4) is 0 Å². The fourth-order valence-electron chi connectivity index (χ4n) is 3.33. The van der Waals surface area contributed by atoms with Crippen LogP contribution in [-0.2, 0) is 16.1 Å². The van der Waals surface area contributed by atoms with E-state index >= 15 is 0 Å². The number of furan rings is 1. The number of amides is 2. The van der Waals surface area contributed by atoms with Gasteiger partial charge in [-0.15, -0.1) is 0 Å². The van der Waals surface area contributed by atoms with Crippen molar-refractivity contribution in [1.82, 2.24) is 19.8 Å². The van der Waals surface area contributed by atoms with Gasteiger partial charge in [0, 0.05) is 52.3 Å². The van der Waals surface area contributed by atoms with Crippen molar-refractivity contribution in [3.63, 3.8) is 0 Å². The number of piperazine rings is 1. The topological polar surface area (TPSA) is 82.8 Å². The van der Waals surface area contributed by atoms with Crippen molar-refractivity contribution in [2.24, 2.45) is 0 Å². The zero-order valence-corrected chi connectivity index (χ0v) is 17.1. The molecule has 0 aliphatic carbocycles. The van der Waals surface area contributed by atoms with Crippen LogP contribution < -0.4 is 4.90 Å². The predicted octanol–water partition coefficient (Wildman–Crippen LogP) is 2.37. The van der Waals surface area contributed by atoms with Crippen molar-refractivity contribution in [3.8, 4) is 0 Å². The molecule has 0 atom stereocenters. The Kier molecular flexibility index (Phi) is 5.75. The summed E-state index contributed by atoms with van der Waals surface area (Å²) < 4.78 is 5.26. The number of fused-ring (bicyclic) bond motifs is 1. The minimum atomic E-state index is -0.0599. The molecular weight excluding hydrogens is 390 g/mol. The Bertz CT molecular complexity index is 946. The molecule has 152 valence electrons. The first-order chi connectivity index (χ1) is 14.1. The number of hydrogen-bond donors (Lipinski definition) is 0. The van der Waals surface area contributed by atoms with Crippen LogP contribution in [0.15, 0.2) is 41.1 Å². The van der Waals surface area contributed by atoms with Crippen LogP contribution in [0.1, 0.15) is 18.6 Å². The maximum Gasteiger partial charge on any atom is 0.223 e. The first kappa shape index (κ1) is 19.4. The number of carbonyl (C=O) groups is 2. The van der Waals surface area contributed by atoms with Crippen LogP contribution in [0.2, 0.25) is 0 Å². The number of nitrogens with zero attached hydrogens (tertiary/aromatic N) is 5. The van der Waals surface area contributed by atoms with Gasteiger partial charge in [-0.2, -0.15) is 0 Å². The van der Waals surface area contributed by atoms with E-state index in [2.05, 4.69) is 14.9 Å². The molecule has 4 rings (SSSR count). The van der Waals surface area contributed by atoms with Crippen molar-refractivity contribution in [2.45, 2.75) is 19.4 Å². The molecule has 2 amide bonds. The summed E-state index contributed by atoms with van der Waals surface area (Å²) in [7, 11) is 1.72. The van der Waals surface area contributed by atoms with Crippen molar-refractivity contribution in [3.05, 3.63) is 42.5 Å². The van der Waals surface area contributed by atoms with E-state index in [9.17, 15) is 9.59 Å². The van der Waals surface area contributed by atoms with Crippen molar-refractivity contribution < 1.29 is 14.0 Å². The summed E-state index contributed by atoms with van der Waals surface area (Å²) in [5.74, 6) is 0.694. The van der Waals surface area contributed by atoms with Crippen LogP contribution in [0.25, 0.3) is 10.3 Å². The molecule has 0 unspecified atom stereocenters. The minimum absolute atomic E-state index is 0.0235. The number of aromatic nitrogens is 2. The van der Waals surface area contributed by atoms with E-state index in [1.807, 2.05) is 23.1 Å². The quantitative estimate of drug-likeness (QED) is 0.617. The van der Waals surface area contributed by atoms with Crippen LogP contribution in [-0.4, -0.2) is 64.8 Å². The monoisotopic (exact) mass is 413 g/mol. The molecule has 29 heavy (non-hydrogen) atoms. The molecule has 8 nitrogen and oxygen atoms in total. The Morgan fingerprint density at radius 2 is 2.00 bits per heavy atom. The lowest BCUT2D eigenvalue weighted by Crippen LogP contribution is -2.48. The number of rotatable bonds is 6. The van der Waals surface area contributed by atoms with E-state index in [4.69, 9.17) is 4.42 Å². The van der Waals surface area contributed by atoms with Gasteiger partial charge in [0.05, 0.1) is 12.8 Å². The maximum atomic E-state index is 12.5. The molecule has 0 radical (unpaired) electrons. The third kappa shape index (κ3) is 4.56. The van der Waals surface area contributed by atoms with E-state index in [1.54, 1.807) is 41.8 Å². The van der Waals surface area contributed by atoms with Crippen molar-refractivity contribution in [2.75, 3.05) is 38.1 Å². The summed E-state index contributed by atoms with van der Waals surface area (Å²) in [5.41, 5.74) is 0.906. The van der Waals surface area contributed by atoms with Crippen LogP contribution in [0.4, 0.5) is 5.13 Å². The van der Waals surface area contributed by atoms with Gasteiger partial charge >= 0.3 is 0 Å². The van der Waals surface area contributed by atoms with Crippen molar-refractivity contribution in [1.29, 1.82) is 0 Å². The number of thiazole rings is 1.